The molecule has 3 rings (SSSR count). The normalized spacial score (nSPS) is 21.7. The Balaban J connectivity index is 1.69. The van der Waals surface area contributed by atoms with Gasteiger partial charge in [-0.25, -0.2) is 0 Å². The van der Waals surface area contributed by atoms with Gasteiger partial charge in [0.15, 0.2) is 0 Å². The van der Waals surface area contributed by atoms with Crippen LogP contribution in [0.25, 0.3) is 0 Å². The predicted molar refractivity (Wildman–Crippen MR) is 92.9 cm³/mol. The Morgan fingerprint density at radius 3 is 2.83 bits per heavy atom. The molecule has 23 heavy (non-hydrogen) atoms. The van der Waals surface area contributed by atoms with Gasteiger partial charge in [-0.1, -0.05) is 0 Å². The Labute approximate surface area is 141 Å². The number of carbonyl (C=O) groups is 2. The van der Waals surface area contributed by atoms with E-state index in [0.717, 1.165) is 43.1 Å². The largest absolute Gasteiger partial charge is 0.339 e. The Kier molecular flexibility index (Phi) is 4.92. The molecular formula is C17H23N3O2S. The van der Waals surface area contributed by atoms with Crippen molar-refractivity contribution in [2.75, 3.05) is 32.0 Å². The highest BCUT2D eigenvalue weighted by Gasteiger charge is 2.26. The van der Waals surface area contributed by atoms with Crippen molar-refractivity contribution in [1.82, 2.24) is 10.2 Å². The van der Waals surface area contributed by atoms with E-state index in [4.69, 9.17) is 0 Å². The second kappa shape index (κ2) is 6.93. The second-order valence-electron chi connectivity index (χ2n) is 6.25. The van der Waals surface area contributed by atoms with Crippen LogP contribution in [0.5, 0.6) is 0 Å². The minimum Gasteiger partial charge on any atom is -0.339 e. The number of hydrogen-bond acceptors (Lipinski definition) is 4. The summed E-state index contributed by atoms with van der Waals surface area (Å²) in [5.41, 5.74) is 1.42. The van der Waals surface area contributed by atoms with Gasteiger partial charge in [0.2, 0.25) is 5.91 Å². The quantitative estimate of drug-likeness (QED) is 0.890. The average Bonchev–Trinajstić information content (AvgIpc) is 2.56. The number of piperidine rings is 1. The van der Waals surface area contributed by atoms with E-state index in [0.29, 0.717) is 11.5 Å². The van der Waals surface area contributed by atoms with Gasteiger partial charge in [0.25, 0.3) is 5.91 Å². The minimum absolute atomic E-state index is 0.0000195. The van der Waals surface area contributed by atoms with Crippen LogP contribution in [-0.4, -0.2) is 48.6 Å². The number of rotatable bonds is 3. The van der Waals surface area contributed by atoms with Gasteiger partial charge in [-0.05, 0) is 57.5 Å². The van der Waals surface area contributed by atoms with Crippen molar-refractivity contribution < 1.29 is 9.59 Å². The van der Waals surface area contributed by atoms with Gasteiger partial charge < -0.3 is 15.5 Å². The Hall–Kier alpha value is -1.53. The van der Waals surface area contributed by atoms with Crippen molar-refractivity contribution in [3.05, 3.63) is 23.8 Å². The molecule has 0 saturated carbocycles. The standard InChI is InChI=1S/C17H23N3O2S/c1-11-16(21)19-14-9-13(3-4-15(14)23-11)17(22)20-7-5-12(6-8-20)10-18-2/h3-4,9,11-12,18H,5-8,10H2,1-2H3,(H,19,21). The molecule has 0 bridgehead atoms. The molecular weight excluding hydrogens is 310 g/mol. The summed E-state index contributed by atoms with van der Waals surface area (Å²) in [4.78, 5) is 27.4. The van der Waals surface area contributed by atoms with E-state index in [2.05, 4.69) is 10.6 Å². The van der Waals surface area contributed by atoms with Gasteiger partial charge in [0.05, 0.1) is 10.9 Å². The molecule has 1 atom stereocenters. The van der Waals surface area contributed by atoms with Crippen LogP contribution in [0.4, 0.5) is 5.69 Å². The van der Waals surface area contributed by atoms with E-state index >= 15 is 0 Å². The summed E-state index contributed by atoms with van der Waals surface area (Å²) in [6, 6.07) is 5.63. The van der Waals surface area contributed by atoms with E-state index in [1.54, 1.807) is 0 Å². The molecule has 1 unspecified atom stereocenters. The maximum Gasteiger partial charge on any atom is 0.253 e. The maximum absolute atomic E-state index is 12.7. The smallest absolute Gasteiger partial charge is 0.253 e. The molecule has 6 heteroatoms. The molecule has 1 saturated heterocycles. The van der Waals surface area contributed by atoms with E-state index in [9.17, 15) is 9.59 Å². The van der Waals surface area contributed by atoms with Crippen LogP contribution >= 0.6 is 11.8 Å². The number of thioether (sulfide) groups is 1. The first-order chi connectivity index (χ1) is 11.1. The fourth-order valence-corrected chi connectivity index (χ4v) is 4.08. The summed E-state index contributed by atoms with van der Waals surface area (Å²) < 4.78 is 0. The second-order valence-corrected chi connectivity index (χ2v) is 7.64. The van der Waals surface area contributed by atoms with Crippen molar-refractivity contribution in [3.63, 3.8) is 0 Å². The molecule has 2 amide bonds. The van der Waals surface area contributed by atoms with Crippen LogP contribution in [0.15, 0.2) is 23.1 Å². The van der Waals surface area contributed by atoms with Crippen LogP contribution in [0.1, 0.15) is 30.1 Å². The van der Waals surface area contributed by atoms with Crippen LogP contribution in [-0.2, 0) is 4.79 Å². The lowest BCUT2D eigenvalue weighted by molar-refractivity contribution is -0.115. The van der Waals surface area contributed by atoms with Crippen molar-refractivity contribution in [1.29, 1.82) is 0 Å². The van der Waals surface area contributed by atoms with E-state index in [1.807, 2.05) is 37.1 Å². The molecule has 0 aromatic heterocycles. The molecule has 1 aromatic rings. The maximum atomic E-state index is 12.7. The number of fused-ring (bicyclic) bond motifs is 1. The highest BCUT2D eigenvalue weighted by atomic mass is 32.2. The van der Waals surface area contributed by atoms with Gasteiger partial charge in [-0.3, -0.25) is 9.59 Å². The fraction of sp³-hybridized carbons (Fsp3) is 0.529. The summed E-state index contributed by atoms with van der Waals surface area (Å²) in [5.74, 6) is 0.721. The first-order valence-electron chi connectivity index (χ1n) is 8.14. The van der Waals surface area contributed by atoms with E-state index in [1.165, 1.54) is 11.8 Å². The van der Waals surface area contributed by atoms with Crippen molar-refractivity contribution in [2.45, 2.75) is 29.9 Å². The van der Waals surface area contributed by atoms with Crippen LogP contribution < -0.4 is 10.6 Å². The Morgan fingerprint density at radius 1 is 1.39 bits per heavy atom. The molecule has 1 fully saturated rings. The Morgan fingerprint density at radius 2 is 2.13 bits per heavy atom. The zero-order valence-electron chi connectivity index (χ0n) is 13.6. The molecule has 0 spiro atoms. The number of carbonyl (C=O) groups excluding carboxylic acids is 2. The minimum atomic E-state index is -0.0877. The molecule has 2 aliphatic rings. The van der Waals surface area contributed by atoms with Crippen molar-refractivity contribution in [2.24, 2.45) is 5.92 Å². The highest BCUT2D eigenvalue weighted by molar-refractivity contribution is 8.00. The molecule has 2 heterocycles. The van der Waals surface area contributed by atoms with Crippen molar-refractivity contribution >= 4 is 29.3 Å². The molecule has 0 aliphatic carbocycles. The number of hydrogen-bond donors (Lipinski definition) is 2. The SMILES string of the molecule is CNCC1CCN(C(=O)c2ccc3c(c2)NC(=O)C(C)S3)CC1. The first-order valence-corrected chi connectivity index (χ1v) is 9.02. The fourth-order valence-electron chi connectivity index (χ4n) is 3.15. The zero-order valence-corrected chi connectivity index (χ0v) is 14.4. The lowest BCUT2D eigenvalue weighted by atomic mass is 9.96. The third-order valence-corrected chi connectivity index (χ3v) is 5.73. The summed E-state index contributed by atoms with van der Waals surface area (Å²) in [7, 11) is 1.97. The van der Waals surface area contributed by atoms with Gasteiger partial charge in [0.1, 0.15) is 0 Å². The van der Waals surface area contributed by atoms with E-state index < -0.39 is 0 Å². The van der Waals surface area contributed by atoms with Crippen LogP contribution in [0, 0.1) is 5.92 Å². The van der Waals surface area contributed by atoms with Crippen LogP contribution in [0.2, 0.25) is 0 Å². The summed E-state index contributed by atoms with van der Waals surface area (Å²) >= 11 is 1.54. The summed E-state index contributed by atoms with van der Waals surface area (Å²) in [6.45, 7) is 4.51. The van der Waals surface area contributed by atoms with E-state index in [-0.39, 0.29) is 17.1 Å². The number of nitrogens with one attached hydrogen (secondary N) is 2. The highest BCUT2D eigenvalue weighted by Crippen LogP contribution is 2.36. The van der Waals surface area contributed by atoms with Crippen molar-refractivity contribution in [3.8, 4) is 0 Å². The third kappa shape index (κ3) is 3.53. The monoisotopic (exact) mass is 333 g/mol. The zero-order chi connectivity index (χ0) is 16.4. The molecule has 2 N–H and O–H groups in total. The molecule has 0 radical (unpaired) electrons. The molecule has 5 nitrogen and oxygen atoms in total. The summed E-state index contributed by atoms with van der Waals surface area (Å²) in [5, 5.41) is 6.01. The molecule has 2 aliphatic heterocycles. The first kappa shape index (κ1) is 16.3. The average molecular weight is 333 g/mol. The Bertz CT molecular complexity index is 612. The lowest BCUT2D eigenvalue weighted by Crippen LogP contribution is -2.40. The lowest BCUT2D eigenvalue weighted by Gasteiger charge is -2.32. The van der Waals surface area contributed by atoms with Gasteiger partial charge in [-0.15, -0.1) is 11.8 Å². The van der Waals surface area contributed by atoms with Gasteiger partial charge >= 0.3 is 0 Å². The predicted octanol–water partition coefficient (Wildman–Crippen LogP) is 2.19. The molecule has 124 valence electrons. The van der Waals surface area contributed by atoms with Gasteiger partial charge in [-0.2, -0.15) is 0 Å². The van der Waals surface area contributed by atoms with Gasteiger partial charge in [0, 0.05) is 23.5 Å². The topological polar surface area (TPSA) is 61.4 Å². The number of amides is 2. The number of benzene rings is 1. The number of nitrogens with zero attached hydrogens (tertiary/aromatic N) is 1. The van der Waals surface area contributed by atoms with Crippen LogP contribution in [0.3, 0.4) is 0 Å². The molecule has 1 aromatic carbocycles. The number of likely N-dealkylation sites (tertiary alicyclic amines) is 1. The summed E-state index contributed by atoms with van der Waals surface area (Å²) in [6.07, 6.45) is 2.09. The third-order valence-electron chi connectivity index (χ3n) is 4.55. The number of anilines is 1.